The van der Waals surface area contributed by atoms with Gasteiger partial charge in [0.1, 0.15) is 0 Å². The van der Waals surface area contributed by atoms with Gasteiger partial charge in [0.25, 0.3) is 0 Å². The number of hydrogen-bond acceptors (Lipinski definition) is 4. The van der Waals surface area contributed by atoms with Crippen molar-refractivity contribution in [1.29, 1.82) is 0 Å². The van der Waals surface area contributed by atoms with Gasteiger partial charge >= 0.3 is 0 Å². The summed E-state index contributed by atoms with van der Waals surface area (Å²) >= 11 is 0. The Kier molecular flexibility index (Phi) is 8.61. The predicted octanol–water partition coefficient (Wildman–Crippen LogP) is 1.11. The SMILES string of the molecule is C1CC(OCCN2CCOCC2)CCN1.CC. The smallest absolute Gasteiger partial charge is 0.0600 e. The first kappa shape index (κ1) is 14.9. The van der Waals surface area contributed by atoms with Crippen LogP contribution in [-0.4, -0.2) is 63.5 Å². The van der Waals surface area contributed by atoms with E-state index in [1.807, 2.05) is 13.8 Å². The second kappa shape index (κ2) is 9.83. The van der Waals surface area contributed by atoms with E-state index in [2.05, 4.69) is 10.2 Å². The number of nitrogens with one attached hydrogen (secondary N) is 1. The van der Waals surface area contributed by atoms with Crippen LogP contribution in [0.4, 0.5) is 0 Å². The molecule has 0 aromatic carbocycles. The first-order valence-corrected chi connectivity index (χ1v) is 7.07. The molecule has 2 aliphatic rings. The Morgan fingerprint density at radius 2 is 1.82 bits per heavy atom. The van der Waals surface area contributed by atoms with E-state index in [0.29, 0.717) is 6.10 Å². The van der Waals surface area contributed by atoms with Crippen molar-refractivity contribution in [3.8, 4) is 0 Å². The zero-order valence-corrected chi connectivity index (χ0v) is 11.4. The van der Waals surface area contributed by atoms with E-state index in [9.17, 15) is 0 Å². The summed E-state index contributed by atoms with van der Waals surface area (Å²) in [4.78, 5) is 2.42. The van der Waals surface area contributed by atoms with Gasteiger partial charge in [-0.2, -0.15) is 0 Å². The summed E-state index contributed by atoms with van der Waals surface area (Å²) < 4.78 is 11.2. The Morgan fingerprint density at radius 1 is 1.18 bits per heavy atom. The summed E-state index contributed by atoms with van der Waals surface area (Å²) in [5.74, 6) is 0. The Hall–Kier alpha value is -0.160. The lowest BCUT2D eigenvalue weighted by atomic mass is 10.1. The molecule has 17 heavy (non-hydrogen) atoms. The van der Waals surface area contributed by atoms with Crippen molar-refractivity contribution in [2.75, 3.05) is 52.5 Å². The van der Waals surface area contributed by atoms with Crippen LogP contribution in [0, 0.1) is 0 Å². The highest BCUT2D eigenvalue weighted by Crippen LogP contribution is 2.07. The second-order valence-corrected chi connectivity index (χ2v) is 4.27. The van der Waals surface area contributed by atoms with Gasteiger partial charge in [-0.1, -0.05) is 13.8 Å². The molecule has 2 aliphatic heterocycles. The lowest BCUT2D eigenvalue weighted by molar-refractivity contribution is -0.00617. The van der Waals surface area contributed by atoms with Gasteiger partial charge in [0.05, 0.1) is 25.9 Å². The molecule has 0 unspecified atom stereocenters. The molecule has 1 N–H and O–H groups in total. The molecular weight excluding hydrogens is 216 g/mol. The van der Waals surface area contributed by atoms with E-state index in [-0.39, 0.29) is 0 Å². The van der Waals surface area contributed by atoms with Gasteiger partial charge < -0.3 is 14.8 Å². The third-order valence-corrected chi connectivity index (χ3v) is 3.15. The predicted molar refractivity (Wildman–Crippen MR) is 70.5 cm³/mol. The van der Waals surface area contributed by atoms with E-state index in [1.54, 1.807) is 0 Å². The maximum absolute atomic E-state index is 5.86. The number of piperidine rings is 1. The van der Waals surface area contributed by atoms with Gasteiger partial charge in [0, 0.05) is 19.6 Å². The third kappa shape index (κ3) is 6.36. The molecule has 0 spiro atoms. The number of morpholine rings is 1. The van der Waals surface area contributed by atoms with Crippen LogP contribution in [0.2, 0.25) is 0 Å². The van der Waals surface area contributed by atoms with Crippen molar-refractivity contribution < 1.29 is 9.47 Å². The summed E-state index contributed by atoms with van der Waals surface area (Å²) in [6, 6.07) is 0. The molecule has 0 saturated carbocycles. The second-order valence-electron chi connectivity index (χ2n) is 4.27. The van der Waals surface area contributed by atoms with Crippen molar-refractivity contribution in [3.63, 3.8) is 0 Å². The maximum Gasteiger partial charge on any atom is 0.0600 e. The highest BCUT2D eigenvalue weighted by atomic mass is 16.5. The molecule has 0 aromatic heterocycles. The van der Waals surface area contributed by atoms with E-state index in [1.165, 1.54) is 12.8 Å². The molecular formula is C13H28N2O2. The first-order chi connectivity index (χ1) is 8.45. The topological polar surface area (TPSA) is 33.7 Å². The number of ether oxygens (including phenoxy) is 2. The minimum atomic E-state index is 0.493. The van der Waals surface area contributed by atoms with E-state index in [4.69, 9.17) is 9.47 Å². The summed E-state index contributed by atoms with van der Waals surface area (Å²) in [5, 5.41) is 3.35. The van der Waals surface area contributed by atoms with E-state index in [0.717, 1.165) is 52.5 Å². The highest BCUT2D eigenvalue weighted by molar-refractivity contribution is 4.69. The highest BCUT2D eigenvalue weighted by Gasteiger charge is 2.14. The number of nitrogens with zero attached hydrogens (tertiary/aromatic N) is 1. The van der Waals surface area contributed by atoms with Gasteiger partial charge in [-0.05, 0) is 25.9 Å². The third-order valence-electron chi connectivity index (χ3n) is 3.15. The minimum absolute atomic E-state index is 0.493. The van der Waals surface area contributed by atoms with Crippen LogP contribution >= 0.6 is 0 Å². The van der Waals surface area contributed by atoms with Gasteiger partial charge in [0.15, 0.2) is 0 Å². The molecule has 4 heteroatoms. The van der Waals surface area contributed by atoms with Crippen LogP contribution in [0.3, 0.4) is 0 Å². The van der Waals surface area contributed by atoms with Crippen LogP contribution in [0.25, 0.3) is 0 Å². The lowest BCUT2D eigenvalue weighted by Gasteiger charge is -2.28. The summed E-state index contributed by atoms with van der Waals surface area (Å²) in [7, 11) is 0. The van der Waals surface area contributed by atoms with Crippen LogP contribution < -0.4 is 5.32 Å². The van der Waals surface area contributed by atoms with Crippen molar-refractivity contribution in [2.24, 2.45) is 0 Å². The van der Waals surface area contributed by atoms with Crippen LogP contribution in [0.5, 0.6) is 0 Å². The fourth-order valence-corrected chi connectivity index (χ4v) is 2.14. The fraction of sp³-hybridized carbons (Fsp3) is 1.00. The molecule has 2 heterocycles. The number of hydrogen-bond donors (Lipinski definition) is 1. The largest absolute Gasteiger partial charge is 0.379 e. The van der Waals surface area contributed by atoms with Gasteiger partial charge in [-0.25, -0.2) is 0 Å². The monoisotopic (exact) mass is 244 g/mol. The molecule has 0 aromatic rings. The minimum Gasteiger partial charge on any atom is -0.379 e. The fourth-order valence-electron chi connectivity index (χ4n) is 2.14. The molecule has 0 atom stereocenters. The van der Waals surface area contributed by atoms with Crippen LogP contribution in [0.15, 0.2) is 0 Å². The number of rotatable bonds is 4. The Morgan fingerprint density at radius 3 is 2.47 bits per heavy atom. The average molecular weight is 244 g/mol. The quantitative estimate of drug-likeness (QED) is 0.803. The van der Waals surface area contributed by atoms with Crippen molar-refractivity contribution in [3.05, 3.63) is 0 Å². The van der Waals surface area contributed by atoms with Crippen LogP contribution in [0.1, 0.15) is 26.7 Å². The molecule has 0 amide bonds. The zero-order valence-electron chi connectivity index (χ0n) is 11.4. The molecule has 102 valence electrons. The lowest BCUT2D eigenvalue weighted by Crippen LogP contribution is -2.39. The van der Waals surface area contributed by atoms with Crippen molar-refractivity contribution in [2.45, 2.75) is 32.8 Å². The summed E-state index contributed by atoms with van der Waals surface area (Å²) in [6.45, 7) is 12.1. The molecule has 2 fully saturated rings. The zero-order chi connectivity index (χ0) is 12.3. The van der Waals surface area contributed by atoms with Gasteiger partial charge in [0.2, 0.25) is 0 Å². The average Bonchev–Trinajstić information content (AvgIpc) is 2.43. The standard InChI is InChI=1S/C11H22N2O2.C2H6/c1-3-12-4-2-11(1)15-10-7-13-5-8-14-9-6-13;1-2/h11-12H,1-10H2;1-2H3. The first-order valence-electron chi connectivity index (χ1n) is 7.07. The van der Waals surface area contributed by atoms with Crippen molar-refractivity contribution >= 4 is 0 Å². The Labute approximate surface area is 106 Å². The van der Waals surface area contributed by atoms with E-state index < -0.39 is 0 Å². The maximum atomic E-state index is 5.86. The molecule has 0 aliphatic carbocycles. The van der Waals surface area contributed by atoms with Gasteiger partial charge in [-0.15, -0.1) is 0 Å². The van der Waals surface area contributed by atoms with Gasteiger partial charge in [-0.3, -0.25) is 4.90 Å². The Bertz CT molecular complexity index is 149. The summed E-state index contributed by atoms with van der Waals surface area (Å²) in [5.41, 5.74) is 0. The van der Waals surface area contributed by atoms with Crippen LogP contribution in [-0.2, 0) is 9.47 Å². The van der Waals surface area contributed by atoms with Crippen molar-refractivity contribution in [1.82, 2.24) is 10.2 Å². The molecule has 0 radical (unpaired) electrons. The summed E-state index contributed by atoms with van der Waals surface area (Å²) in [6.07, 6.45) is 2.83. The van der Waals surface area contributed by atoms with E-state index >= 15 is 0 Å². The molecule has 0 bridgehead atoms. The molecule has 2 rings (SSSR count). The Balaban J connectivity index is 0.000000686. The molecule has 2 saturated heterocycles. The normalized spacial score (nSPS) is 22.9. The molecule has 4 nitrogen and oxygen atoms in total.